The molecule has 0 saturated heterocycles. The van der Waals surface area contributed by atoms with Gasteiger partial charge in [0.25, 0.3) is 0 Å². The van der Waals surface area contributed by atoms with Gasteiger partial charge < -0.3 is 27.6 Å². The van der Waals surface area contributed by atoms with Gasteiger partial charge in [0.15, 0.2) is 0 Å². The molecule has 0 radical (unpaired) electrons. The van der Waals surface area contributed by atoms with Crippen LogP contribution in [0.15, 0.2) is 0 Å². The monoisotopic (exact) mass is 204 g/mol. The first-order chi connectivity index (χ1) is 6.61. The first kappa shape index (κ1) is 13.3. The number of nitrogens with two attached hydrogens (primary N) is 3. The highest BCUT2D eigenvalue weighted by atomic mass is 16.3. The van der Waals surface area contributed by atoms with E-state index in [4.69, 9.17) is 22.3 Å². The zero-order valence-corrected chi connectivity index (χ0v) is 8.28. The number of carbonyl (C=O) groups is 1. The molecule has 0 spiro atoms. The van der Waals surface area contributed by atoms with E-state index >= 15 is 0 Å². The van der Waals surface area contributed by atoms with E-state index in [2.05, 4.69) is 5.32 Å². The van der Waals surface area contributed by atoms with Crippen LogP contribution in [-0.4, -0.2) is 42.8 Å². The molecule has 2 atom stereocenters. The number of aliphatic hydroxyl groups excluding tert-OH is 1. The van der Waals surface area contributed by atoms with Crippen molar-refractivity contribution in [1.29, 1.82) is 0 Å². The summed E-state index contributed by atoms with van der Waals surface area (Å²) in [4.78, 5) is 11.2. The molecule has 8 N–H and O–H groups in total. The number of hydrogen-bond donors (Lipinski definition) is 5. The summed E-state index contributed by atoms with van der Waals surface area (Å²) in [6.45, 7) is 0.788. The fourth-order valence-corrected chi connectivity index (χ4v) is 0.902. The number of hydrogen-bond acceptors (Lipinski definition) is 5. The molecular formula is C8H20N4O2. The first-order valence-electron chi connectivity index (χ1n) is 4.73. The van der Waals surface area contributed by atoms with Crippen LogP contribution in [0.4, 0.5) is 0 Å². The van der Waals surface area contributed by atoms with Crippen LogP contribution in [-0.2, 0) is 4.79 Å². The average molecular weight is 204 g/mol. The standard InChI is InChI=1S/C8H20N4O2/c9-3-1-2-7(11)8(14)12-5-6(13)4-10/h6-7,13H,1-5,9-11H2,(H,12,14). The van der Waals surface area contributed by atoms with Crippen LogP contribution >= 0.6 is 0 Å². The lowest BCUT2D eigenvalue weighted by Crippen LogP contribution is -2.44. The second kappa shape index (κ2) is 7.69. The maximum Gasteiger partial charge on any atom is 0.237 e. The Kier molecular flexibility index (Phi) is 7.31. The van der Waals surface area contributed by atoms with Crippen LogP contribution in [0.5, 0.6) is 0 Å². The van der Waals surface area contributed by atoms with Crippen molar-refractivity contribution in [2.24, 2.45) is 17.2 Å². The average Bonchev–Trinajstić information content (AvgIpc) is 2.21. The van der Waals surface area contributed by atoms with E-state index in [-0.39, 0.29) is 19.0 Å². The molecule has 0 saturated carbocycles. The predicted octanol–water partition coefficient (Wildman–Crippen LogP) is -2.51. The fraction of sp³-hybridized carbons (Fsp3) is 0.875. The highest BCUT2D eigenvalue weighted by Gasteiger charge is 2.13. The summed E-state index contributed by atoms with van der Waals surface area (Å²) in [5, 5.41) is 11.6. The summed E-state index contributed by atoms with van der Waals surface area (Å²) in [7, 11) is 0. The molecule has 0 fully saturated rings. The molecule has 0 aromatic carbocycles. The summed E-state index contributed by atoms with van der Waals surface area (Å²) in [5.41, 5.74) is 16.0. The minimum Gasteiger partial charge on any atom is -0.390 e. The summed E-state index contributed by atoms with van der Waals surface area (Å²) < 4.78 is 0. The topological polar surface area (TPSA) is 127 Å². The van der Waals surface area contributed by atoms with Gasteiger partial charge in [-0.05, 0) is 19.4 Å². The second-order valence-electron chi connectivity index (χ2n) is 3.17. The zero-order chi connectivity index (χ0) is 11.0. The molecule has 6 nitrogen and oxygen atoms in total. The molecule has 0 aromatic rings. The SMILES string of the molecule is NCCCC(N)C(=O)NCC(O)CN. The molecule has 0 aliphatic heterocycles. The Hall–Kier alpha value is -0.690. The van der Waals surface area contributed by atoms with Crippen LogP contribution in [0, 0.1) is 0 Å². The van der Waals surface area contributed by atoms with Gasteiger partial charge in [-0.15, -0.1) is 0 Å². The molecule has 1 amide bonds. The minimum absolute atomic E-state index is 0.123. The number of carbonyl (C=O) groups excluding carboxylic acids is 1. The van der Waals surface area contributed by atoms with E-state index in [1.54, 1.807) is 0 Å². The van der Waals surface area contributed by atoms with E-state index < -0.39 is 12.1 Å². The molecular weight excluding hydrogens is 184 g/mol. The lowest BCUT2D eigenvalue weighted by molar-refractivity contribution is -0.122. The maximum atomic E-state index is 11.2. The lowest BCUT2D eigenvalue weighted by Gasteiger charge is -2.13. The number of amides is 1. The van der Waals surface area contributed by atoms with Crippen molar-refractivity contribution in [3.63, 3.8) is 0 Å². The van der Waals surface area contributed by atoms with Crippen LogP contribution in [0.2, 0.25) is 0 Å². The molecule has 0 aliphatic rings. The van der Waals surface area contributed by atoms with Crippen LogP contribution < -0.4 is 22.5 Å². The maximum absolute atomic E-state index is 11.2. The third-order valence-electron chi connectivity index (χ3n) is 1.84. The minimum atomic E-state index is -0.708. The van der Waals surface area contributed by atoms with E-state index in [0.29, 0.717) is 19.4 Å². The Balaban J connectivity index is 3.61. The zero-order valence-electron chi connectivity index (χ0n) is 8.28. The molecule has 0 heterocycles. The highest BCUT2D eigenvalue weighted by Crippen LogP contribution is 1.92. The molecule has 0 bridgehead atoms. The van der Waals surface area contributed by atoms with Crippen molar-refractivity contribution in [3.8, 4) is 0 Å². The molecule has 14 heavy (non-hydrogen) atoms. The summed E-state index contributed by atoms with van der Waals surface area (Å²) in [6.07, 6.45) is 0.565. The molecule has 0 aliphatic carbocycles. The number of nitrogens with one attached hydrogen (secondary N) is 1. The van der Waals surface area contributed by atoms with Crippen LogP contribution in [0.25, 0.3) is 0 Å². The summed E-state index contributed by atoms with van der Waals surface area (Å²) in [5.74, 6) is -0.272. The summed E-state index contributed by atoms with van der Waals surface area (Å²) in [6, 6.07) is -0.552. The van der Waals surface area contributed by atoms with Crippen molar-refractivity contribution in [1.82, 2.24) is 5.32 Å². The van der Waals surface area contributed by atoms with Crippen LogP contribution in [0.1, 0.15) is 12.8 Å². The smallest absolute Gasteiger partial charge is 0.237 e. The van der Waals surface area contributed by atoms with Crippen molar-refractivity contribution in [2.45, 2.75) is 25.0 Å². The Morgan fingerprint density at radius 3 is 2.57 bits per heavy atom. The largest absolute Gasteiger partial charge is 0.390 e. The van der Waals surface area contributed by atoms with Gasteiger partial charge in [-0.3, -0.25) is 4.79 Å². The molecule has 2 unspecified atom stereocenters. The van der Waals surface area contributed by atoms with Gasteiger partial charge in [-0.2, -0.15) is 0 Å². The molecule has 0 rings (SSSR count). The Morgan fingerprint density at radius 1 is 1.43 bits per heavy atom. The van der Waals surface area contributed by atoms with Crippen molar-refractivity contribution in [3.05, 3.63) is 0 Å². The Morgan fingerprint density at radius 2 is 2.07 bits per heavy atom. The normalized spacial score (nSPS) is 14.9. The van der Waals surface area contributed by atoms with E-state index in [1.165, 1.54) is 0 Å². The Bertz CT molecular complexity index is 165. The van der Waals surface area contributed by atoms with Crippen molar-refractivity contribution >= 4 is 5.91 Å². The van der Waals surface area contributed by atoms with Gasteiger partial charge >= 0.3 is 0 Å². The van der Waals surface area contributed by atoms with Gasteiger partial charge in [0.2, 0.25) is 5.91 Å². The van der Waals surface area contributed by atoms with E-state index in [0.717, 1.165) is 0 Å². The Labute approximate surface area is 83.8 Å². The van der Waals surface area contributed by atoms with Crippen molar-refractivity contribution < 1.29 is 9.90 Å². The van der Waals surface area contributed by atoms with E-state index in [1.807, 2.05) is 0 Å². The molecule has 84 valence electrons. The third kappa shape index (κ3) is 5.87. The van der Waals surface area contributed by atoms with Crippen LogP contribution in [0.3, 0.4) is 0 Å². The number of rotatable bonds is 7. The van der Waals surface area contributed by atoms with E-state index in [9.17, 15) is 4.79 Å². The van der Waals surface area contributed by atoms with Gasteiger partial charge in [-0.1, -0.05) is 0 Å². The fourth-order valence-electron chi connectivity index (χ4n) is 0.902. The number of aliphatic hydroxyl groups is 1. The lowest BCUT2D eigenvalue weighted by atomic mass is 10.1. The van der Waals surface area contributed by atoms with Gasteiger partial charge in [0, 0.05) is 13.1 Å². The summed E-state index contributed by atoms with van der Waals surface area (Å²) >= 11 is 0. The third-order valence-corrected chi connectivity index (χ3v) is 1.84. The molecule has 0 aromatic heterocycles. The molecule has 6 heteroatoms. The van der Waals surface area contributed by atoms with Gasteiger partial charge in [-0.25, -0.2) is 0 Å². The first-order valence-corrected chi connectivity index (χ1v) is 4.73. The van der Waals surface area contributed by atoms with Crippen molar-refractivity contribution in [2.75, 3.05) is 19.6 Å². The second-order valence-corrected chi connectivity index (χ2v) is 3.17. The predicted molar refractivity (Wildman–Crippen MR) is 54.3 cm³/mol. The van der Waals surface area contributed by atoms with Gasteiger partial charge in [0.1, 0.15) is 0 Å². The highest BCUT2D eigenvalue weighted by molar-refractivity contribution is 5.81. The van der Waals surface area contributed by atoms with Gasteiger partial charge in [0.05, 0.1) is 12.1 Å². The quantitative estimate of drug-likeness (QED) is 0.313.